The first-order chi connectivity index (χ1) is 12.8. The predicted octanol–water partition coefficient (Wildman–Crippen LogP) is 5.32. The molecule has 0 fully saturated rings. The van der Waals surface area contributed by atoms with Crippen molar-refractivity contribution in [1.82, 2.24) is 5.32 Å². The molecule has 136 valence electrons. The molecule has 0 saturated carbocycles. The van der Waals surface area contributed by atoms with Crippen LogP contribution in [0.1, 0.15) is 16.0 Å². The van der Waals surface area contributed by atoms with Gasteiger partial charge in [0.25, 0.3) is 0 Å². The van der Waals surface area contributed by atoms with Crippen molar-refractivity contribution in [2.75, 3.05) is 13.7 Å². The van der Waals surface area contributed by atoms with Crippen LogP contribution in [0.5, 0.6) is 11.5 Å². The highest BCUT2D eigenvalue weighted by atomic mass is 35.5. The fourth-order valence-electron chi connectivity index (χ4n) is 2.66. The first-order valence-electron chi connectivity index (χ1n) is 8.52. The van der Waals surface area contributed by atoms with Crippen molar-refractivity contribution in [2.24, 2.45) is 0 Å². The molecule has 1 heterocycles. The fraction of sp³-hybridized carbons (Fsp3) is 0.238. The molecule has 0 spiro atoms. The Labute approximate surface area is 163 Å². The minimum atomic E-state index is 0.489. The van der Waals surface area contributed by atoms with Crippen molar-refractivity contribution in [3.05, 3.63) is 81.0 Å². The van der Waals surface area contributed by atoms with Crippen LogP contribution in [0.15, 0.2) is 60.0 Å². The van der Waals surface area contributed by atoms with Gasteiger partial charge in [-0.15, -0.1) is 11.3 Å². The molecule has 0 amide bonds. The lowest BCUT2D eigenvalue weighted by Gasteiger charge is -2.14. The van der Waals surface area contributed by atoms with E-state index < -0.39 is 0 Å². The summed E-state index contributed by atoms with van der Waals surface area (Å²) in [6.07, 6.45) is 0.994. The van der Waals surface area contributed by atoms with Gasteiger partial charge in [0, 0.05) is 11.4 Å². The number of methoxy groups -OCH3 is 1. The minimum absolute atomic E-state index is 0.489. The molecule has 0 aliphatic carbocycles. The van der Waals surface area contributed by atoms with Crippen LogP contribution < -0.4 is 14.8 Å². The van der Waals surface area contributed by atoms with E-state index in [1.807, 2.05) is 35.7 Å². The molecule has 3 aromatic rings. The number of thiophene rings is 1. The third-order valence-corrected chi connectivity index (χ3v) is 5.12. The highest BCUT2D eigenvalue weighted by Crippen LogP contribution is 2.37. The van der Waals surface area contributed by atoms with Crippen LogP contribution in [0, 0.1) is 0 Å². The van der Waals surface area contributed by atoms with Gasteiger partial charge in [-0.05, 0) is 47.7 Å². The molecule has 3 rings (SSSR count). The van der Waals surface area contributed by atoms with Crippen molar-refractivity contribution in [1.29, 1.82) is 0 Å². The Bertz CT molecular complexity index is 806. The summed E-state index contributed by atoms with van der Waals surface area (Å²) in [7, 11) is 1.64. The molecule has 0 bridgehead atoms. The van der Waals surface area contributed by atoms with Gasteiger partial charge in [0.15, 0.2) is 11.5 Å². The van der Waals surface area contributed by atoms with Gasteiger partial charge < -0.3 is 14.8 Å². The quantitative estimate of drug-likeness (QED) is 0.504. The van der Waals surface area contributed by atoms with Gasteiger partial charge >= 0.3 is 0 Å². The lowest BCUT2D eigenvalue weighted by molar-refractivity contribution is 0.287. The molecule has 0 aliphatic rings. The summed E-state index contributed by atoms with van der Waals surface area (Å²) in [4.78, 5) is 1.15. The van der Waals surface area contributed by atoms with Crippen molar-refractivity contribution >= 4 is 22.9 Å². The average Bonchev–Trinajstić information content (AvgIpc) is 3.18. The second kappa shape index (κ2) is 9.62. The highest BCUT2D eigenvalue weighted by molar-refractivity contribution is 7.09. The predicted molar refractivity (Wildman–Crippen MR) is 109 cm³/mol. The summed E-state index contributed by atoms with van der Waals surface area (Å²) in [5, 5.41) is 6.05. The molecule has 1 N–H and O–H groups in total. The molecule has 0 radical (unpaired) electrons. The van der Waals surface area contributed by atoms with E-state index in [2.05, 4.69) is 29.6 Å². The number of ether oxygens (including phenoxy) is 2. The standard InChI is InChI=1S/C21H22ClNO2S/c1-24-20-13-17(14-23-10-9-16-6-3-2-4-7-16)12-19(22)21(20)25-15-18-8-5-11-26-18/h2-8,11-13,23H,9-10,14-15H2,1H3. The Morgan fingerprint density at radius 2 is 1.88 bits per heavy atom. The number of hydrogen-bond donors (Lipinski definition) is 1. The van der Waals surface area contributed by atoms with Crippen LogP contribution in [0.3, 0.4) is 0 Å². The molecule has 2 aromatic carbocycles. The summed E-state index contributed by atoms with van der Waals surface area (Å²) in [5.41, 5.74) is 2.40. The van der Waals surface area contributed by atoms with E-state index in [0.717, 1.165) is 30.0 Å². The molecule has 0 atom stereocenters. The first kappa shape index (κ1) is 18.8. The SMILES string of the molecule is COc1cc(CNCCc2ccccc2)cc(Cl)c1OCc1cccs1. The van der Waals surface area contributed by atoms with Gasteiger partial charge in [-0.1, -0.05) is 48.0 Å². The smallest absolute Gasteiger partial charge is 0.180 e. The molecule has 0 unspecified atom stereocenters. The van der Waals surface area contributed by atoms with Crippen LogP contribution in [-0.2, 0) is 19.6 Å². The summed E-state index contributed by atoms with van der Waals surface area (Å²) in [5.74, 6) is 1.25. The Morgan fingerprint density at radius 1 is 1.04 bits per heavy atom. The van der Waals surface area contributed by atoms with Crippen LogP contribution in [0.2, 0.25) is 5.02 Å². The largest absolute Gasteiger partial charge is 0.493 e. The van der Waals surface area contributed by atoms with Crippen LogP contribution in [-0.4, -0.2) is 13.7 Å². The molecular weight excluding hydrogens is 366 g/mol. The zero-order valence-electron chi connectivity index (χ0n) is 14.7. The van der Waals surface area contributed by atoms with Crippen LogP contribution >= 0.6 is 22.9 Å². The third-order valence-electron chi connectivity index (χ3n) is 3.99. The van der Waals surface area contributed by atoms with E-state index in [9.17, 15) is 0 Å². The normalized spacial score (nSPS) is 10.7. The lowest BCUT2D eigenvalue weighted by Crippen LogP contribution is -2.16. The van der Waals surface area contributed by atoms with Gasteiger partial charge in [0.2, 0.25) is 0 Å². The average molecular weight is 388 g/mol. The maximum Gasteiger partial charge on any atom is 0.180 e. The fourth-order valence-corrected chi connectivity index (χ4v) is 3.57. The molecule has 5 heteroatoms. The number of benzene rings is 2. The van der Waals surface area contributed by atoms with E-state index in [1.165, 1.54) is 5.56 Å². The number of halogens is 1. The maximum absolute atomic E-state index is 6.43. The topological polar surface area (TPSA) is 30.5 Å². The second-order valence-corrected chi connectivity index (χ2v) is 7.33. The van der Waals surface area contributed by atoms with Crippen LogP contribution in [0.25, 0.3) is 0 Å². The molecule has 0 saturated heterocycles. The Kier molecular flexibility index (Phi) is 6.95. The number of nitrogens with one attached hydrogen (secondary N) is 1. The van der Waals surface area contributed by atoms with Gasteiger partial charge in [-0.2, -0.15) is 0 Å². The Hall–Kier alpha value is -2.01. The molecule has 0 aliphatic heterocycles. The summed E-state index contributed by atoms with van der Waals surface area (Å²) < 4.78 is 11.4. The number of rotatable bonds is 9. The first-order valence-corrected chi connectivity index (χ1v) is 9.78. The summed E-state index contributed by atoms with van der Waals surface area (Å²) >= 11 is 8.09. The molecule has 26 heavy (non-hydrogen) atoms. The summed E-state index contributed by atoms with van der Waals surface area (Å²) in [6.45, 7) is 2.12. The third kappa shape index (κ3) is 5.24. The van der Waals surface area contributed by atoms with E-state index in [1.54, 1.807) is 18.4 Å². The van der Waals surface area contributed by atoms with Crippen molar-refractivity contribution in [3.8, 4) is 11.5 Å². The van der Waals surface area contributed by atoms with Gasteiger partial charge in [0.1, 0.15) is 6.61 Å². The zero-order valence-corrected chi connectivity index (χ0v) is 16.3. The van der Waals surface area contributed by atoms with Gasteiger partial charge in [-0.3, -0.25) is 0 Å². The maximum atomic E-state index is 6.43. The van der Waals surface area contributed by atoms with Crippen molar-refractivity contribution < 1.29 is 9.47 Å². The van der Waals surface area contributed by atoms with Gasteiger partial charge in [-0.25, -0.2) is 0 Å². The lowest BCUT2D eigenvalue weighted by atomic mass is 10.1. The van der Waals surface area contributed by atoms with E-state index in [0.29, 0.717) is 23.1 Å². The molecule has 3 nitrogen and oxygen atoms in total. The van der Waals surface area contributed by atoms with E-state index in [4.69, 9.17) is 21.1 Å². The highest BCUT2D eigenvalue weighted by Gasteiger charge is 2.12. The monoisotopic (exact) mass is 387 g/mol. The van der Waals surface area contributed by atoms with Crippen molar-refractivity contribution in [3.63, 3.8) is 0 Å². The second-order valence-electron chi connectivity index (χ2n) is 5.89. The number of hydrogen-bond acceptors (Lipinski definition) is 4. The Morgan fingerprint density at radius 3 is 2.62 bits per heavy atom. The van der Waals surface area contributed by atoms with Gasteiger partial charge in [0.05, 0.1) is 12.1 Å². The van der Waals surface area contributed by atoms with E-state index in [-0.39, 0.29) is 0 Å². The Balaban J connectivity index is 1.57. The van der Waals surface area contributed by atoms with Crippen molar-refractivity contribution in [2.45, 2.75) is 19.6 Å². The molecule has 1 aromatic heterocycles. The van der Waals surface area contributed by atoms with E-state index >= 15 is 0 Å². The zero-order chi connectivity index (χ0) is 18.2. The molecular formula is C21H22ClNO2S. The summed E-state index contributed by atoms with van der Waals surface area (Å²) in [6, 6.07) is 18.4. The van der Waals surface area contributed by atoms with Crippen LogP contribution in [0.4, 0.5) is 0 Å². The minimum Gasteiger partial charge on any atom is -0.493 e.